The van der Waals surface area contributed by atoms with Gasteiger partial charge in [-0.1, -0.05) is 57.9 Å². The largest absolute Gasteiger partial charge is 0.454 e. The number of rotatable bonds is 3. The molecule has 0 atom stereocenters. The van der Waals surface area contributed by atoms with Crippen molar-refractivity contribution in [1.82, 2.24) is 4.98 Å². The van der Waals surface area contributed by atoms with Gasteiger partial charge in [-0.15, -0.1) is 0 Å². The van der Waals surface area contributed by atoms with Gasteiger partial charge in [-0.25, -0.2) is 4.98 Å². The summed E-state index contributed by atoms with van der Waals surface area (Å²) < 4.78 is 12.0. The minimum absolute atomic E-state index is 0.259. The van der Waals surface area contributed by atoms with Crippen LogP contribution in [0.15, 0.2) is 83.3 Å². The van der Waals surface area contributed by atoms with Gasteiger partial charge in [0.1, 0.15) is 0 Å². The lowest BCUT2D eigenvalue weighted by Crippen LogP contribution is -1.93. The van der Waals surface area contributed by atoms with E-state index in [1.54, 1.807) is 0 Å². The molecule has 0 N–H and O–H groups in total. The fraction of sp³-hybridized carbons (Fsp3) is 0.0417. The van der Waals surface area contributed by atoms with Crippen molar-refractivity contribution < 1.29 is 9.47 Å². The number of hydrogen-bond acceptors (Lipinski definition) is 3. The van der Waals surface area contributed by atoms with Gasteiger partial charge in [-0.2, -0.15) is 0 Å². The van der Waals surface area contributed by atoms with Crippen LogP contribution in [0, 0.1) is 0 Å². The highest BCUT2D eigenvalue weighted by Crippen LogP contribution is 2.38. The van der Waals surface area contributed by atoms with E-state index in [1.807, 2.05) is 54.6 Å². The Morgan fingerprint density at radius 3 is 1.93 bits per heavy atom. The van der Waals surface area contributed by atoms with Gasteiger partial charge in [-0.3, -0.25) is 0 Å². The topological polar surface area (TPSA) is 31.4 Å². The Kier molecular flexibility index (Phi) is 4.74. The first-order chi connectivity index (χ1) is 14.2. The summed E-state index contributed by atoms with van der Waals surface area (Å²) in [7, 11) is 0. The Balaban J connectivity index is 1.67. The van der Waals surface area contributed by atoms with Crippen molar-refractivity contribution in [2.75, 3.05) is 6.79 Å². The van der Waals surface area contributed by atoms with E-state index in [0.717, 1.165) is 49.6 Å². The molecule has 3 nitrogen and oxygen atoms in total. The van der Waals surface area contributed by atoms with Crippen molar-refractivity contribution in [2.45, 2.75) is 0 Å². The molecule has 5 heteroatoms. The summed E-state index contributed by atoms with van der Waals surface area (Å²) in [5.41, 5.74) is 5.94. The van der Waals surface area contributed by atoms with Crippen molar-refractivity contribution in [3.63, 3.8) is 0 Å². The monoisotopic (exact) mass is 463 g/mol. The molecule has 0 fully saturated rings. The van der Waals surface area contributed by atoms with Crippen LogP contribution in [-0.2, 0) is 0 Å². The number of pyridine rings is 1. The summed E-state index contributed by atoms with van der Waals surface area (Å²) in [6, 6.07) is 26.1. The highest BCUT2D eigenvalue weighted by atomic mass is 79.9. The summed E-state index contributed by atoms with van der Waals surface area (Å²) in [5.74, 6) is 1.53. The molecule has 1 aliphatic rings. The highest BCUT2D eigenvalue weighted by molar-refractivity contribution is 9.10. The predicted molar refractivity (Wildman–Crippen MR) is 119 cm³/mol. The van der Waals surface area contributed by atoms with Gasteiger partial charge in [0.2, 0.25) is 6.79 Å². The number of halogens is 2. The summed E-state index contributed by atoms with van der Waals surface area (Å²) in [6.07, 6.45) is 0. The Morgan fingerprint density at radius 2 is 1.24 bits per heavy atom. The van der Waals surface area contributed by atoms with Gasteiger partial charge in [0.25, 0.3) is 0 Å². The maximum absolute atomic E-state index is 6.07. The van der Waals surface area contributed by atoms with Crippen molar-refractivity contribution in [2.24, 2.45) is 0 Å². The van der Waals surface area contributed by atoms with Crippen LogP contribution in [0.4, 0.5) is 0 Å². The molecular formula is C24H15BrClNO2. The van der Waals surface area contributed by atoms with Crippen molar-refractivity contribution >= 4 is 27.5 Å². The summed E-state index contributed by atoms with van der Waals surface area (Å²) in [5, 5.41) is 0.703. The average Bonchev–Trinajstić information content (AvgIpc) is 3.22. The zero-order chi connectivity index (χ0) is 19.8. The molecule has 142 valence electrons. The molecule has 0 aliphatic carbocycles. The number of aromatic nitrogens is 1. The molecule has 5 rings (SSSR count). The molecule has 0 amide bonds. The number of nitrogens with zero attached hydrogens (tertiary/aromatic N) is 1. The van der Waals surface area contributed by atoms with Gasteiger partial charge in [0.05, 0.1) is 11.4 Å². The zero-order valence-electron chi connectivity index (χ0n) is 15.2. The molecule has 29 heavy (non-hydrogen) atoms. The maximum Gasteiger partial charge on any atom is 0.231 e. The van der Waals surface area contributed by atoms with E-state index in [2.05, 4.69) is 40.2 Å². The Hall–Kier alpha value is -2.82. The van der Waals surface area contributed by atoms with Crippen LogP contribution in [0.25, 0.3) is 33.6 Å². The molecule has 3 aromatic carbocycles. The van der Waals surface area contributed by atoms with E-state index in [4.69, 9.17) is 26.1 Å². The van der Waals surface area contributed by atoms with Gasteiger partial charge in [-0.05, 0) is 59.7 Å². The van der Waals surface area contributed by atoms with Crippen LogP contribution < -0.4 is 9.47 Å². The minimum Gasteiger partial charge on any atom is -0.454 e. The molecule has 1 aromatic heterocycles. The molecule has 2 heterocycles. The molecule has 0 saturated heterocycles. The lowest BCUT2D eigenvalue weighted by atomic mass is 9.99. The fourth-order valence-corrected chi connectivity index (χ4v) is 3.70. The van der Waals surface area contributed by atoms with E-state index in [-0.39, 0.29) is 6.79 Å². The van der Waals surface area contributed by atoms with Gasteiger partial charge < -0.3 is 9.47 Å². The van der Waals surface area contributed by atoms with Crippen LogP contribution in [0.1, 0.15) is 0 Å². The molecule has 4 aromatic rings. The molecule has 1 aliphatic heterocycles. The first-order valence-corrected chi connectivity index (χ1v) is 10.3. The normalized spacial score (nSPS) is 12.2. The number of fused-ring (bicyclic) bond motifs is 1. The van der Waals surface area contributed by atoms with Crippen LogP contribution in [0.5, 0.6) is 11.5 Å². The molecule has 0 bridgehead atoms. The van der Waals surface area contributed by atoms with E-state index in [9.17, 15) is 0 Å². The summed E-state index contributed by atoms with van der Waals surface area (Å²) >= 11 is 9.57. The van der Waals surface area contributed by atoms with Gasteiger partial charge in [0.15, 0.2) is 11.5 Å². The van der Waals surface area contributed by atoms with Crippen LogP contribution in [-0.4, -0.2) is 11.8 Å². The van der Waals surface area contributed by atoms with Crippen molar-refractivity contribution in [1.29, 1.82) is 0 Å². The SMILES string of the molecule is Clc1ccc(-c2cc(-c3ccc4c(c3)OCO4)cc(-c3ccc(Br)cc3)n2)cc1. The smallest absolute Gasteiger partial charge is 0.231 e. The third kappa shape index (κ3) is 3.74. The fourth-order valence-electron chi connectivity index (χ4n) is 3.31. The Labute approximate surface area is 182 Å². The average molecular weight is 465 g/mol. The quantitative estimate of drug-likeness (QED) is 0.320. The number of ether oxygens (including phenoxy) is 2. The second-order valence-corrected chi connectivity index (χ2v) is 8.06. The highest BCUT2D eigenvalue weighted by Gasteiger charge is 2.15. The van der Waals surface area contributed by atoms with Crippen molar-refractivity contribution in [3.8, 4) is 45.1 Å². The Bertz CT molecular complexity index is 1130. The van der Waals surface area contributed by atoms with E-state index < -0.39 is 0 Å². The lowest BCUT2D eigenvalue weighted by Gasteiger charge is -2.11. The van der Waals surface area contributed by atoms with Crippen molar-refractivity contribution in [3.05, 3.63) is 88.4 Å². The van der Waals surface area contributed by atoms with Gasteiger partial charge in [0, 0.05) is 20.6 Å². The minimum atomic E-state index is 0.259. The summed E-state index contributed by atoms with van der Waals surface area (Å²) in [4.78, 5) is 4.92. The molecule has 0 unspecified atom stereocenters. The molecule has 0 spiro atoms. The second-order valence-electron chi connectivity index (χ2n) is 6.71. The van der Waals surface area contributed by atoms with E-state index in [1.165, 1.54) is 0 Å². The summed E-state index contributed by atoms with van der Waals surface area (Å²) in [6.45, 7) is 0.259. The lowest BCUT2D eigenvalue weighted by molar-refractivity contribution is 0.174. The van der Waals surface area contributed by atoms with E-state index >= 15 is 0 Å². The molecule has 0 saturated carbocycles. The van der Waals surface area contributed by atoms with Crippen LogP contribution >= 0.6 is 27.5 Å². The first kappa shape index (κ1) is 18.2. The van der Waals surface area contributed by atoms with E-state index in [0.29, 0.717) is 5.02 Å². The van der Waals surface area contributed by atoms with Gasteiger partial charge >= 0.3 is 0 Å². The predicted octanol–water partition coefficient (Wildman–Crippen LogP) is 7.23. The number of hydrogen-bond donors (Lipinski definition) is 0. The molecule has 0 radical (unpaired) electrons. The Morgan fingerprint density at radius 1 is 0.655 bits per heavy atom. The third-order valence-corrected chi connectivity index (χ3v) is 5.59. The van der Waals surface area contributed by atoms with Crippen LogP contribution in [0.3, 0.4) is 0 Å². The third-order valence-electron chi connectivity index (χ3n) is 4.81. The molecular weight excluding hydrogens is 450 g/mol. The standard InChI is InChI=1S/C24H15BrClNO2/c25-19-6-1-15(2-7-19)21-11-18(17-5-10-23-24(13-17)29-14-28-23)12-22(27-21)16-3-8-20(26)9-4-16/h1-13H,14H2. The van der Waals surface area contributed by atoms with Crippen LogP contribution in [0.2, 0.25) is 5.02 Å². The zero-order valence-corrected chi connectivity index (χ0v) is 17.6. The number of benzene rings is 3. The second kappa shape index (κ2) is 7.54. The first-order valence-electron chi connectivity index (χ1n) is 9.10. The maximum atomic E-state index is 6.07.